The van der Waals surface area contributed by atoms with E-state index in [1.165, 1.54) is 77.2 Å². The predicted octanol–water partition coefficient (Wildman–Crippen LogP) is 4.52. The SMILES string of the molecule is CCC(NCC1CCCCC1)C1CCCCC1. The molecule has 2 aliphatic rings. The van der Waals surface area contributed by atoms with E-state index in [1.807, 2.05) is 0 Å². The molecule has 0 bridgehead atoms. The molecule has 1 N–H and O–H groups in total. The van der Waals surface area contributed by atoms with Crippen LogP contribution in [0.25, 0.3) is 0 Å². The summed E-state index contributed by atoms with van der Waals surface area (Å²) in [6.07, 6.45) is 16.1. The van der Waals surface area contributed by atoms with Gasteiger partial charge in [0.1, 0.15) is 0 Å². The van der Waals surface area contributed by atoms with Crippen LogP contribution in [-0.4, -0.2) is 12.6 Å². The van der Waals surface area contributed by atoms with Crippen LogP contribution >= 0.6 is 0 Å². The lowest BCUT2D eigenvalue weighted by Crippen LogP contribution is -2.39. The van der Waals surface area contributed by atoms with E-state index in [2.05, 4.69) is 12.2 Å². The molecule has 2 rings (SSSR count). The fourth-order valence-electron chi connectivity index (χ4n) is 3.89. The summed E-state index contributed by atoms with van der Waals surface area (Å²) in [5.41, 5.74) is 0. The van der Waals surface area contributed by atoms with Crippen molar-refractivity contribution in [2.75, 3.05) is 6.54 Å². The lowest BCUT2D eigenvalue weighted by molar-refractivity contribution is 0.241. The minimum atomic E-state index is 0.817. The van der Waals surface area contributed by atoms with Crippen LogP contribution < -0.4 is 5.32 Å². The molecule has 0 radical (unpaired) electrons. The Bertz CT molecular complexity index is 190. The third kappa shape index (κ3) is 4.28. The Morgan fingerprint density at radius 2 is 1.47 bits per heavy atom. The van der Waals surface area contributed by atoms with Gasteiger partial charge in [0.05, 0.1) is 0 Å². The highest BCUT2D eigenvalue weighted by molar-refractivity contribution is 4.80. The largest absolute Gasteiger partial charge is 0.313 e. The zero-order valence-corrected chi connectivity index (χ0v) is 11.7. The fraction of sp³-hybridized carbons (Fsp3) is 1.00. The van der Waals surface area contributed by atoms with Gasteiger partial charge in [-0.2, -0.15) is 0 Å². The monoisotopic (exact) mass is 237 g/mol. The molecule has 0 aliphatic heterocycles. The average Bonchev–Trinajstić information content (AvgIpc) is 2.42. The topological polar surface area (TPSA) is 12.0 Å². The molecule has 0 aromatic heterocycles. The van der Waals surface area contributed by atoms with Gasteiger partial charge in [0, 0.05) is 6.04 Å². The lowest BCUT2D eigenvalue weighted by atomic mass is 9.82. The maximum atomic E-state index is 3.91. The Balaban J connectivity index is 1.70. The van der Waals surface area contributed by atoms with Crippen molar-refractivity contribution in [2.45, 2.75) is 83.6 Å². The van der Waals surface area contributed by atoms with Crippen LogP contribution in [0, 0.1) is 11.8 Å². The summed E-state index contributed by atoms with van der Waals surface area (Å²) in [7, 11) is 0. The summed E-state index contributed by atoms with van der Waals surface area (Å²) in [5, 5.41) is 3.91. The molecule has 17 heavy (non-hydrogen) atoms. The molecule has 0 aromatic rings. The van der Waals surface area contributed by atoms with Gasteiger partial charge in [0.25, 0.3) is 0 Å². The van der Waals surface area contributed by atoms with Crippen molar-refractivity contribution < 1.29 is 0 Å². The van der Waals surface area contributed by atoms with Gasteiger partial charge in [-0.15, -0.1) is 0 Å². The lowest BCUT2D eigenvalue weighted by Gasteiger charge is -2.32. The van der Waals surface area contributed by atoms with E-state index in [4.69, 9.17) is 0 Å². The van der Waals surface area contributed by atoms with Crippen molar-refractivity contribution >= 4 is 0 Å². The molecule has 0 aromatic carbocycles. The molecule has 2 fully saturated rings. The van der Waals surface area contributed by atoms with Gasteiger partial charge >= 0.3 is 0 Å². The zero-order valence-electron chi connectivity index (χ0n) is 11.7. The Kier molecular flexibility index (Phi) is 5.84. The van der Waals surface area contributed by atoms with Crippen LogP contribution in [0.3, 0.4) is 0 Å². The second kappa shape index (κ2) is 7.41. The van der Waals surface area contributed by atoms with Crippen molar-refractivity contribution in [2.24, 2.45) is 11.8 Å². The molecule has 0 saturated heterocycles. The van der Waals surface area contributed by atoms with Crippen LogP contribution in [-0.2, 0) is 0 Å². The molecule has 1 atom stereocenters. The van der Waals surface area contributed by atoms with Crippen molar-refractivity contribution in [3.63, 3.8) is 0 Å². The molecule has 100 valence electrons. The highest BCUT2D eigenvalue weighted by Gasteiger charge is 2.23. The molecule has 1 unspecified atom stereocenters. The van der Waals surface area contributed by atoms with E-state index < -0.39 is 0 Å². The van der Waals surface area contributed by atoms with Gasteiger partial charge in [-0.3, -0.25) is 0 Å². The Hall–Kier alpha value is -0.0400. The van der Waals surface area contributed by atoms with Gasteiger partial charge < -0.3 is 5.32 Å². The number of rotatable bonds is 5. The normalized spacial score (nSPS) is 25.9. The molecular formula is C16H31N. The second-order valence-corrected chi connectivity index (χ2v) is 6.33. The van der Waals surface area contributed by atoms with Crippen LogP contribution in [0.1, 0.15) is 77.6 Å². The first-order valence-electron chi connectivity index (χ1n) is 8.13. The molecule has 0 amide bonds. The molecule has 2 saturated carbocycles. The Morgan fingerprint density at radius 3 is 2.06 bits per heavy atom. The second-order valence-electron chi connectivity index (χ2n) is 6.33. The Morgan fingerprint density at radius 1 is 0.882 bits per heavy atom. The average molecular weight is 237 g/mol. The first kappa shape index (κ1) is 13.4. The fourth-order valence-corrected chi connectivity index (χ4v) is 3.89. The maximum Gasteiger partial charge on any atom is 0.00928 e. The molecule has 2 aliphatic carbocycles. The van der Waals surface area contributed by atoms with Crippen LogP contribution in [0.2, 0.25) is 0 Å². The van der Waals surface area contributed by atoms with Crippen molar-refractivity contribution in [3.05, 3.63) is 0 Å². The van der Waals surface area contributed by atoms with E-state index in [9.17, 15) is 0 Å². The highest BCUT2D eigenvalue weighted by atomic mass is 14.9. The van der Waals surface area contributed by atoms with Gasteiger partial charge in [-0.25, -0.2) is 0 Å². The molecule has 0 spiro atoms. The van der Waals surface area contributed by atoms with Gasteiger partial charge in [0.15, 0.2) is 0 Å². The number of nitrogens with one attached hydrogen (secondary N) is 1. The minimum Gasteiger partial charge on any atom is -0.313 e. The highest BCUT2D eigenvalue weighted by Crippen LogP contribution is 2.28. The van der Waals surface area contributed by atoms with E-state index in [0.717, 1.165) is 17.9 Å². The van der Waals surface area contributed by atoms with Crippen molar-refractivity contribution in [1.82, 2.24) is 5.32 Å². The van der Waals surface area contributed by atoms with E-state index >= 15 is 0 Å². The Labute approximate surface area is 108 Å². The molecule has 0 heterocycles. The minimum absolute atomic E-state index is 0.817. The van der Waals surface area contributed by atoms with Gasteiger partial charge in [-0.1, -0.05) is 45.4 Å². The van der Waals surface area contributed by atoms with Gasteiger partial charge in [-0.05, 0) is 50.5 Å². The summed E-state index contributed by atoms with van der Waals surface area (Å²) in [4.78, 5) is 0. The summed E-state index contributed by atoms with van der Waals surface area (Å²) in [5.74, 6) is 1.97. The molecular weight excluding hydrogens is 206 g/mol. The third-order valence-electron chi connectivity index (χ3n) is 5.05. The maximum absolute atomic E-state index is 3.91. The van der Waals surface area contributed by atoms with E-state index in [1.54, 1.807) is 0 Å². The summed E-state index contributed by atoms with van der Waals surface area (Å²) < 4.78 is 0. The van der Waals surface area contributed by atoms with E-state index in [-0.39, 0.29) is 0 Å². The van der Waals surface area contributed by atoms with Crippen LogP contribution in [0.5, 0.6) is 0 Å². The van der Waals surface area contributed by atoms with Crippen molar-refractivity contribution in [1.29, 1.82) is 0 Å². The first-order chi connectivity index (χ1) is 8.40. The summed E-state index contributed by atoms with van der Waals surface area (Å²) in [6, 6.07) is 0.817. The van der Waals surface area contributed by atoms with E-state index in [0.29, 0.717) is 0 Å². The first-order valence-corrected chi connectivity index (χ1v) is 8.13. The standard InChI is InChI=1S/C16H31N/c1-2-16(15-11-7-4-8-12-15)17-13-14-9-5-3-6-10-14/h14-17H,2-13H2,1H3. The molecule has 1 heteroatoms. The van der Waals surface area contributed by atoms with Crippen LogP contribution in [0.15, 0.2) is 0 Å². The van der Waals surface area contributed by atoms with Gasteiger partial charge in [0.2, 0.25) is 0 Å². The number of hydrogen-bond acceptors (Lipinski definition) is 1. The smallest absolute Gasteiger partial charge is 0.00928 e. The quantitative estimate of drug-likeness (QED) is 0.741. The molecule has 1 nitrogen and oxygen atoms in total. The summed E-state index contributed by atoms with van der Waals surface area (Å²) in [6.45, 7) is 3.67. The third-order valence-corrected chi connectivity index (χ3v) is 5.05. The number of hydrogen-bond donors (Lipinski definition) is 1. The van der Waals surface area contributed by atoms with Crippen LogP contribution in [0.4, 0.5) is 0 Å². The zero-order chi connectivity index (χ0) is 11.9. The summed E-state index contributed by atoms with van der Waals surface area (Å²) >= 11 is 0. The predicted molar refractivity (Wildman–Crippen MR) is 75.2 cm³/mol. The van der Waals surface area contributed by atoms with Crippen molar-refractivity contribution in [3.8, 4) is 0 Å².